The highest BCUT2D eigenvalue weighted by Gasteiger charge is 2.38. The van der Waals surface area contributed by atoms with Crippen molar-refractivity contribution in [2.45, 2.75) is 45.0 Å². The lowest BCUT2D eigenvalue weighted by atomic mass is 9.83. The molecule has 0 aromatic heterocycles. The van der Waals surface area contributed by atoms with E-state index in [0.717, 1.165) is 0 Å². The van der Waals surface area contributed by atoms with Gasteiger partial charge in [-0.05, 0) is 13.3 Å². The first-order valence-electron chi connectivity index (χ1n) is 5.39. The summed E-state index contributed by atoms with van der Waals surface area (Å²) in [5.41, 5.74) is -1.33. The van der Waals surface area contributed by atoms with Gasteiger partial charge in [0, 0.05) is 20.6 Å². The molecule has 2 unspecified atom stereocenters. The van der Waals surface area contributed by atoms with E-state index in [1.54, 1.807) is 0 Å². The van der Waals surface area contributed by atoms with Crippen LogP contribution in [-0.2, 0) is 14.3 Å². The summed E-state index contributed by atoms with van der Waals surface area (Å²) in [7, 11) is 2.92. The largest absolute Gasteiger partial charge is 0.481 e. The number of hydrogen-bond donors (Lipinski definition) is 2. The molecule has 5 heteroatoms. The molecule has 0 saturated carbocycles. The van der Waals surface area contributed by atoms with Crippen LogP contribution in [0, 0.1) is 5.92 Å². The van der Waals surface area contributed by atoms with E-state index in [-0.39, 0.29) is 6.42 Å². The second-order valence-electron chi connectivity index (χ2n) is 4.14. The number of aliphatic carboxylic acids is 1. The molecule has 2 atom stereocenters. The van der Waals surface area contributed by atoms with Gasteiger partial charge in [0.05, 0.1) is 11.5 Å². The molecule has 16 heavy (non-hydrogen) atoms. The van der Waals surface area contributed by atoms with Gasteiger partial charge in [-0.25, -0.2) is 0 Å². The normalized spacial score (nSPS) is 17.1. The SMILES string of the molecule is CCCC(C(=O)O)C(C)(O)CC(OC)OC. The monoisotopic (exact) mass is 234 g/mol. The molecule has 5 nitrogen and oxygen atoms in total. The quantitative estimate of drug-likeness (QED) is 0.618. The van der Waals surface area contributed by atoms with Gasteiger partial charge in [0.15, 0.2) is 6.29 Å². The van der Waals surface area contributed by atoms with Gasteiger partial charge in [-0.2, -0.15) is 0 Å². The molecule has 0 saturated heterocycles. The zero-order chi connectivity index (χ0) is 12.8. The van der Waals surface area contributed by atoms with Gasteiger partial charge in [0.1, 0.15) is 0 Å². The Morgan fingerprint density at radius 3 is 2.19 bits per heavy atom. The van der Waals surface area contributed by atoms with Crippen molar-refractivity contribution >= 4 is 5.97 Å². The zero-order valence-electron chi connectivity index (χ0n) is 10.4. The van der Waals surface area contributed by atoms with Crippen molar-refractivity contribution in [2.24, 2.45) is 5.92 Å². The molecule has 0 aromatic rings. The van der Waals surface area contributed by atoms with Crippen LogP contribution in [0.15, 0.2) is 0 Å². The van der Waals surface area contributed by atoms with Gasteiger partial charge >= 0.3 is 5.97 Å². The summed E-state index contributed by atoms with van der Waals surface area (Å²) < 4.78 is 9.94. The summed E-state index contributed by atoms with van der Waals surface area (Å²) in [5.74, 6) is -1.79. The van der Waals surface area contributed by atoms with Crippen LogP contribution in [-0.4, -0.2) is 42.3 Å². The number of rotatable bonds is 8. The van der Waals surface area contributed by atoms with Crippen LogP contribution in [0.25, 0.3) is 0 Å². The number of hydrogen-bond acceptors (Lipinski definition) is 4. The number of methoxy groups -OCH3 is 2. The molecule has 0 aromatic carbocycles. The first-order chi connectivity index (χ1) is 7.38. The zero-order valence-corrected chi connectivity index (χ0v) is 10.4. The number of carboxylic acids is 1. The molecule has 96 valence electrons. The predicted octanol–water partition coefficient (Wildman–Crippen LogP) is 1.25. The molecule has 0 rings (SSSR count). The molecule has 0 aliphatic heterocycles. The van der Waals surface area contributed by atoms with E-state index in [1.807, 2.05) is 6.92 Å². The van der Waals surface area contributed by atoms with Crippen LogP contribution in [0.2, 0.25) is 0 Å². The molecule has 0 amide bonds. The lowest BCUT2D eigenvalue weighted by Gasteiger charge is -2.32. The highest BCUT2D eigenvalue weighted by molar-refractivity contribution is 5.71. The molecule has 0 spiro atoms. The van der Waals surface area contributed by atoms with E-state index in [2.05, 4.69) is 0 Å². The van der Waals surface area contributed by atoms with E-state index in [0.29, 0.717) is 12.8 Å². The highest BCUT2D eigenvalue weighted by Crippen LogP contribution is 2.28. The van der Waals surface area contributed by atoms with Crippen molar-refractivity contribution in [3.63, 3.8) is 0 Å². The summed E-state index contributed by atoms with van der Waals surface area (Å²) >= 11 is 0. The Bertz CT molecular complexity index is 210. The molecule has 0 heterocycles. The van der Waals surface area contributed by atoms with E-state index < -0.39 is 23.8 Å². The second-order valence-corrected chi connectivity index (χ2v) is 4.14. The maximum Gasteiger partial charge on any atom is 0.309 e. The fourth-order valence-electron chi connectivity index (χ4n) is 1.73. The average Bonchev–Trinajstić information content (AvgIpc) is 2.21. The van der Waals surface area contributed by atoms with Crippen molar-refractivity contribution in [1.29, 1.82) is 0 Å². The average molecular weight is 234 g/mol. The summed E-state index contributed by atoms with van der Waals surface area (Å²) in [6.45, 7) is 3.39. The number of carboxylic acid groups (broad SMARTS) is 1. The van der Waals surface area contributed by atoms with Crippen LogP contribution >= 0.6 is 0 Å². The number of carbonyl (C=O) groups is 1. The van der Waals surface area contributed by atoms with Gasteiger partial charge < -0.3 is 19.7 Å². The van der Waals surface area contributed by atoms with Gasteiger partial charge in [0.25, 0.3) is 0 Å². The Balaban J connectivity index is 4.63. The van der Waals surface area contributed by atoms with Crippen LogP contribution in [0.5, 0.6) is 0 Å². The van der Waals surface area contributed by atoms with Gasteiger partial charge in [-0.15, -0.1) is 0 Å². The summed E-state index contributed by atoms with van der Waals surface area (Å²) in [5, 5.41) is 19.2. The van der Waals surface area contributed by atoms with Crippen molar-refractivity contribution < 1.29 is 24.5 Å². The Morgan fingerprint density at radius 1 is 1.38 bits per heavy atom. The first kappa shape index (κ1) is 15.3. The number of aliphatic hydroxyl groups is 1. The van der Waals surface area contributed by atoms with Crippen molar-refractivity contribution in [3.8, 4) is 0 Å². The topological polar surface area (TPSA) is 76.0 Å². The summed E-state index contributed by atoms with van der Waals surface area (Å²) in [4.78, 5) is 11.1. The van der Waals surface area contributed by atoms with Gasteiger partial charge in [-0.1, -0.05) is 13.3 Å². The summed E-state index contributed by atoms with van der Waals surface area (Å²) in [6, 6.07) is 0. The minimum absolute atomic E-state index is 0.136. The maximum atomic E-state index is 11.1. The van der Waals surface area contributed by atoms with E-state index >= 15 is 0 Å². The van der Waals surface area contributed by atoms with Crippen molar-refractivity contribution in [1.82, 2.24) is 0 Å². The van der Waals surface area contributed by atoms with Crippen LogP contribution in [0.4, 0.5) is 0 Å². The highest BCUT2D eigenvalue weighted by atomic mass is 16.7. The molecule has 0 bridgehead atoms. The standard InChI is InChI=1S/C11H22O5/c1-5-6-8(10(12)13)11(2,14)7-9(15-3)16-4/h8-9,14H,5-7H2,1-4H3,(H,12,13). The van der Waals surface area contributed by atoms with E-state index in [9.17, 15) is 9.90 Å². The van der Waals surface area contributed by atoms with Crippen LogP contribution < -0.4 is 0 Å². The van der Waals surface area contributed by atoms with Crippen molar-refractivity contribution in [3.05, 3.63) is 0 Å². The van der Waals surface area contributed by atoms with Crippen LogP contribution in [0.1, 0.15) is 33.1 Å². The smallest absolute Gasteiger partial charge is 0.309 e. The summed E-state index contributed by atoms with van der Waals surface area (Å²) in [6.07, 6.45) is 0.686. The lowest BCUT2D eigenvalue weighted by molar-refractivity contribution is -0.169. The third-order valence-corrected chi connectivity index (χ3v) is 2.73. The molecule has 0 aliphatic rings. The van der Waals surface area contributed by atoms with Crippen LogP contribution in [0.3, 0.4) is 0 Å². The third kappa shape index (κ3) is 4.47. The molecular weight excluding hydrogens is 212 g/mol. The molecule has 2 N–H and O–H groups in total. The fourth-order valence-corrected chi connectivity index (χ4v) is 1.73. The van der Waals surface area contributed by atoms with Gasteiger partial charge in [0.2, 0.25) is 0 Å². The molecule has 0 aliphatic carbocycles. The molecule has 0 fully saturated rings. The first-order valence-corrected chi connectivity index (χ1v) is 5.39. The number of ether oxygens (including phenoxy) is 2. The van der Waals surface area contributed by atoms with E-state index in [4.69, 9.17) is 14.6 Å². The maximum absolute atomic E-state index is 11.1. The van der Waals surface area contributed by atoms with Gasteiger partial charge in [-0.3, -0.25) is 4.79 Å². The lowest BCUT2D eigenvalue weighted by Crippen LogP contribution is -2.43. The third-order valence-electron chi connectivity index (χ3n) is 2.73. The minimum Gasteiger partial charge on any atom is -0.481 e. The molecule has 0 radical (unpaired) electrons. The predicted molar refractivity (Wildman–Crippen MR) is 59.1 cm³/mol. The Kier molecular flexibility index (Phi) is 6.55. The Morgan fingerprint density at radius 2 is 1.88 bits per heavy atom. The Hall–Kier alpha value is -0.650. The minimum atomic E-state index is -1.33. The van der Waals surface area contributed by atoms with E-state index in [1.165, 1.54) is 21.1 Å². The van der Waals surface area contributed by atoms with Crippen molar-refractivity contribution in [2.75, 3.05) is 14.2 Å². The molecular formula is C11H22O5. The second kappa shape index (κ2) is 6.83. The fraction of sp³-hybridized carbons (Fsp3) is 0.909. The Labute approximate surface area is 96.4 Å².